The highest BCUT2D eigenvalue weighted by molar-refractivity contribution is 6.11. The lowest BCUT2D eigenvalue weighted by Crippen LogP contribution is -2.49. The van der Waals surface area contributed by atoms with Gasteiger partial charge >= 0.3 is 0 Å². The van der Waals surface area contributed by atoms with Crippen LogP contribution in [0.4, 0.5) is 5.69 Å². The van der Waals surface area contributed by atoms with Gasteiger partial charge in [0.1, 0.15) is 6.04 Å². The number of nitrogens with zero attached hydrogens (tertiary/aromatic N) is 1. The van der Waals surface area contributed by atoms with Crippen molar-refractivity contribution in [2.45, 2.75) is 26.3 Å². The highest BCUT2D eigenvalue weighted by Crippen LogP contribution is 2.26. The fourth-order valence-electron chi connectivity index (χ4n) is 2.52. The number of amides is 2. The number of hydrogen-bond acceptors (Lipinski definition) is 3. The largest absolute Gasteiger partial charge is 0.385 e. The van der Waals surface area contributed by atoms with E-state index in [1.54, 1.807) is 18.1 Å². The van der Waals surface area contributed by atoms with Gasteiger partial charge in [0.25, 0.3) is 5.91 Å². The first-order chi connectivity index (χ1) is 10.1. The molecule has 21 heavy (non-hydrogen) atoms. The Morgan fingerprint density at radius 3 is 2.67 bits per heavy atom. The van der Waals surface area contributed by atoms with Crippen LogP contribution in [0, 0.1) is 5.92 Å². The SMILES string of the molecule is COCCCN1C(=O)C(C(C)C)NC(=O)c2ccccc21. The third-order valence-electron chi connectivity index (χ3n) is 3.65. The molecule has 5 nitrogen and oxygen atoms in total. The van der Waals surface area contributed by atoms with E-state index in [0.29, 0.717) is 24.4 Å². The molecule has 0 fully saturated rings. The molecule has 1 atom stereocenters. The van der Waals surface area contributed by atoms with Crippen LogP contribution >= 0.6 is 0 Å². The normalized spacial score (nSPS) is 18.5. The minimum Gasteiger partial charge on any atom is -0.385 e. The molecular formula is C16H22N2O3. The van der Waals surface area contributed by atoms with Gasteiger partial charge in [-0.05, 0) is 24.5 Å². The van der Waals surface area contributed by atoms with Crippen molar-refractivity contribution >= 4 is 17.5 Å². The highest BCUT2D eigenvalue weighted by atomic mass is 16.5. The van der Waals surface area contributed by atoms with Gasteiger partial charge in [0.05, 0.1) is 11.3 Å². The average Bonchev–Trinajstić information content (AvgIpc) is 2.57. The minimum absolute atomic E-state index is 0.0423. The van der Waals surface area contributed by atoms with E-state index >= 15 is 0 Å². The maximum absolute atomic E-state index is 12.8. The van der Waals surface area contributed by atoms with E-state index < -0.39 is 6.04 Å². The van der Waals surface area contributed by atoms with Crippen molar-refractivity contribution in [1.82, 2.24) is 5.32 Å². The van der Waals surface area contributed by atoms with Crippen LogP contribution < -0.4 is 10.2 Å². The minimum atomic E-state index is -0.493. The first kappa shape index (κ1) is 15.5. The number of fused-ring (bicyclic) bond motifs is 1. The Bertz CT molecular complexity index is 528. The zero-order valence-corrected chi connectivity index (χ0v) is 12.8. The summed E-state index contributed by atoms with van der Waals surface area (Å²) >= 11 is 0. The van der Waals surface area contributed by atoms with Crippen LogP contribution in [-0.4, -0.2) is 38.1 Å². The predicted molar refractivity (Wildman–Crippen MR) is 81.4 cm³/mol. The van der Waals surface area contributed by atoms with Gasteiger partial charge < -0.3 is 15.0 Å². The molecule has 0 aromatic heterocycles. The molecule has 114 valence electrons. The second-order valence-corrected chi connectivity index (χ2v) is 5.55. The third kappa shape index (κ3) is 3.24. The Kier molecular flexibility index (Phi) is 4.96. The molecule has 0 saturated carbocycles. The lowest BCUT2D eigenvalue weighted by molar-refractivity contribution is -0.121. The lowest BCUT2D eigenvalue weighted by atomic mass is 10.0. The maximum Gasteiger partial charge on any atom is 0.254 e. The molecule has 1 aliphatic heterocycles. The topological polar surface area (TPSA) is 58.6 Å². The summed E-state index contributed by atoms with van der Waals surface area (Å²) < 4.78 is 5.06. The smallest absolute Gasteiger partial charge is 0.254 e. The number of methoxy groups -OCH3 is 1. The number of nitrogens with one attached hydrogen (secondary N) is 1. The lowest BCUT2D eigenvalue weighted by Gasteiger charge is -2.26. The molecule has 1 unspecified atom stereocenters. The summed E-state index contributed by atoms with van der Waals surface area (Å²) in [6.45, 7) is 5.00. The first-order valence-corrected chi connectivity index (χ1v) is 7.26. The van der Waals surface area contributed by atoms with E-state index in [1.165, 1.54) is 0 Å². The number of hydrogen-bond donors (Lipinski definition) is 1. The molecule has 1 aliphatic rings. The first-order valence-electron chi connectivity index (χ1n) is 7.26. The molecule has 1 heterocycles. The van der Waals surface area contributed by atoms with Gasteiger partial charge in [0.2, 0.25) is 5.91 Å². The van der Waals surface area contributed by atoms with Crippen molar-refractivity contribution in [3.8, 4) is 0 Å². The van der Waals surface area contributed by atoms with E-state index in [4.69, 9.17) is 4.74 Å². The molecule has 2 amide bonds. The van der Waals surface area contributed by atoms with Gasteiger partial charge in [-0.25, -0.2) is 0 Å². The molecule has 0 spiro atoms. The summed E-state index contributed by atoms with van der Waals surface area (Å²) in [6, 6.07) is 6.74. The maximum atomic E-state index is 12.8. The molecule has 0 bridgehead atoms. The molecule has 1 aromatic rings. The van der Waals surface area contributed by atoms with Crippen LogP contribution in [0.5, 0.6) is 0 Å². The molecule has 5 heteroatoms. The molecule has 0 radical (unpaired) electrons. The molecule has 1 aromatic carbocycles. The van der Waals surface area contributed by atoms with Crippen molar-refractivity contribution in [3.05, 3.63) is 29.8 Å². The summed E-state index contributed by atoms with van der Waals surface area (Å²) in [5.74, 6) is -0.202. The van der Waals surface area contributed by atoms with E-state index in [1.807, 2.05) is 32.0 Å². The predicted octanol–water partition coefficient (Wildman–Crippen LogP) is 1.82. The summed E-state index contributed by atoms with van der Waals surface area (Å²) in [7, 11) is 1.64. The van der Waals surface area contributed by atoms with Crippen LogP contribution in [0.3, 0.4) is 0 Å². The summed E-state index contributed by atoms with van der Waals surface area (Å²) in [6.07, 6.45) is 0.732. The van der Waals surface area contributed by atoms with Gasteiger partial charge in [-0.3, -0.25) is 9.59 Å². The fourth-order valence-corrected chi connectivity index (χ4v) is 2.52. The Labute approximate surface area is 125 Å². The van der Waals surface area contributed by atoms with Gasteiger partial charge in [0, 0.05) is 20.3 Å². The van der Waals surface area contributed by atoms with Crippen molar-refractivity contribution in [2.24, 2.45) is 5.92 Å². The standard InChI is InChI=1S/C16H22N2O3/c1-11(2)14-16(20)18(9-6-10-21-3)13-8-5-4-7-12(13)15(19)17-14/h4-5,7-8,11,14H,6,9-10H2,1-3H3,(H,17,19). The van der Waals surface area contributed by atoms with Crippen molar-refractivity contribution in [2.75, 3.05) is 25.2 Å². The van der Waals surface area contributed by atoms with Gasteiger partial charge in [-0.2, -0.15) is 0 Å². The molecule has 0 aliphatic carbocycles. The van der Waals surface area contributed by atoms with Crippen LogP contribution in [0.25, 0.3) is 0 Å². The molecule has 1 N–H and O–H groups in total. The number of para-hydroxylation sites is 1. The average molecular weight is 290 g/mol. The van der Waals surface area contributed by atoms with Gasteiger partial charge in [-0.15, -0.1) is 0 Å². The van der Waals surface area contributed by atoms with Crippen molar-refractivity contribution < 1.29 is 14.3 Å². The van der Waals surface area contributed by atoms with Crippen molar-refractivity contribution in [3.63, 3.8) is 0 Å². The van der Waals surface area contributed by atoms with Crippen LogP contribution in [0.1, 0.15) is 30.6 Å². The summed E-state index contributed by atoms with van der Waals surface area (Å²) in [5, 5.41) is 2.84. The Hall–Kier alpha value is -1.88. The molecular weight excluding hydrogens is 268 g/mol. The summed E-state index contributed by atoms with van der Waals surface area (Å²) in [5.41, 5.74) is 1.23. The molecule has 2 rings (SSSR count). The van der Waals surface area contributed by atoms with Crippen LogP contribution in [0.2, 0.25) is 0 Å². The van der Waals surface area contributed by atoms with E-state index in [2.05, 4.69) is 5.32 Å². The van der Waals surface area contributed by atoms with E-state index in [0.717, 1.165) is 6.42 Å². The Morgan fingerprint density at radius 1 is 1.29 bits per heavy atom. The van der Waals surface area contributed by atoms with Gasteiger partial charge in [-0.1, -0.05) is 26.0 Å². The zero-order chi connectivity index (χ0) is 15.4. The Balaban J connectivity index is 2.38. The third-order valence-corrected chi connectivity index (χ3v) is 3.65. The number of rotatable bonds is 5. The Morgan fingerprint density at radius 2 is 2.00 bits per heavy atom. The summed E-state index contributed by atoms with van der Waals surface area (Å²) in [4.78, 5) is 26.8. The number of carbonyl (C=O) groups excluding carboxylic acids is 2. The van der Waals surface area contributed by atoms with Gasteiger partial charge in [0.15, 0.2) is 0 Å². The highest BCUT2D eigenvalue weighted by Gasteiger charge is 2.34. The van der Waals surface area contributed by atoms with Crippen LogP contribution in [0.15, 0.2) is 24.3 Å². The second kappa shape index (κ2) is 6.72. The molecule has 0 saturated heterocycles. The number of anilines is 1. The monoisotopic (exact) mass is 290 g/mol. The van der Waals surface area contributed by atoms with Crippen molar-refractivity contribution in [1.29, 1.82) is 0 Å². The van der Waals surface area contributed by atoms with Crippen LogP contribution in [-0.2, 0) is 9.53 Å². The number of ether oxygens (including phenoxy) is 1. The zero-order valence-electron chi connectivity index (χ0n) is 12.8. The number of benzene rings is 1. The quantitative estimate of drug-likeness (QED) is 0.842. The second-order valence-electron chi connectivity index (χ2n) is 5.55. The van der Waals surface area contributed by atoms with E-state index in [9.17, 15) is 9.59 Å². The van der Waals surface area contributed by atoms with E-state index in [-0.39, 0.29) is 17.7 Å². The number of carbonyl (C=O) groups is 2. The fraction of sp³-hybridized carbons (Fsp3) is 0.500.